The largest absolute Gasteiger partial charge is 0.465 e. The lowest BCUT2D eigenvalue weighted by atomic mass is 9.67. The number of hydrogen-bond donors (Lipinski definition) is 0. The molecule has 2 atom stereocenters. The van der Waals surface area contributed by atoms with Crippen molar-refractivity contribution >= 4 is 23.2 Å². The molecular weight excluding hydrogens is 360 g/mol. The molecular formula is C21H24N2O5. The number of aliphatic imine (C=N–C) groups is 1. The average Bonchev–Trinajstić information content (AvgIpc) is 2.59. The molecule has 0 saturated heterocycles. The van der Waals surface area contributed by atoms with Crippen molar-refractivity contribution in [2.45, 2.75) is 46.5 Å². The summed E-state index contributed by atoms with van der Waals surface area (Å²) in [6.07, 6.45) is 0.966. The zero-order valence-electron chi connectivity index (χ0n) is 16.5. The summed E-state index contributed by atoms with van der Waals surface area (Å²) in [6, 6.07) is 6.13. The highest BCUT2D eigenvalue weighted by atomic mass is 16.6. The Kier molecular flexibility index (Phi) is 5.19. The molecule has 1 aromatic rings. The second-order valence-corrected chi connectivity index (χ2v) is 8.11. The van der Waals surface area contributed by atoms with Gasteiger partial charge in [0.2, 0.25) is 0 Å². The number of ether oxygens (including phenoxy) is 1. The summed E-state index contributed by atoms with van der Waals surface area (Å²) in [4.78, 5) is 41.2. The van der Waals surface area contributed by atoms with Crippen molar-refractivity contribution in [2.75, 3.05) is 6.61 Å². The van der Waals surface area contributed by atoms with Gasteiger partial charge < -0.3 is 4.74 Å². The van der Waals surface area contributed by atoms with E-state index < -0.39 is 22.7 Å². The summed E-state index contributed by atoms with van der Waals surface area (Å²) >= 11 is 0. The summed E-state index contributed by atoms with van der Waals surface area (Å²) < 4.78 is 5.25. The Labute approximate surface area is 163 Å². The van der Waals surface area contributed by atoms with Crippen LogP contribution in [0.25, 0.3) is 0 Å². The molecule has 1 aliphatic heterocycles. The van der Waals surface area contributed by atoms with E-state index in [1.54, 1.807) is 26.0 Å². The van der Waals surface area contributed by atoms with Gasteiger partial charge in [0.1, 0.15) is 5.92 Å². The molecule has 7 heteroatoms. The van der Waals surface area contributed by atoms with Gasteiger partial charge in [-0.1, -0.05) is 26.0 Å². The first kappa shape index (κ1) is 19.9. The van der Waals surface area contributed by atoms with E-state index in [1.165, 1.54) is 12.1 Å². The van der Waals surface area contributed by atoms with Crippen LogP contribution in [0.3, 0.4) is 0 Å². The zero-order chi connectivity index (χ0) is 20.6. The molecule has 0 aromatic heterocycles. The van der Waals surface area contributed by atoms with Gasteiger partial charge in [0.15, 0.2) is 5.78 Å². The van der Waals surface area contributed by atoms with Gasteiger partial charge in [-0.25, -0.2) is 0 Å². The van der Waals surface area contributed by atoms with Crippen LogP contribution in [0.4, 0.5) is 5.69 Å². The van der Waals surface area contributed by atoms with E-state index in [4.69, 9.17) is 4.74 Å². The van der Waals surface area contributed by atoms with Crippen molar-refractivity contribution < 1.29 is 19.2 Å². The summed E-state index contributed by atoms with van der Waals surface area (Å²) in [6.45, 7) is 7.70. The number of allylic oxidation sites excluding steroid dienone is 2. The number of nitrogens with zero attached hydrogens (tertiary/aromatic N) is 2. The predicted octanol–water partition coefficient (Wildman–Crippen LogP) is 3.98. The van der Waals surface area contributed by atoms with Crippen LogP contribution < -0.4 is 0 Å². The van der Waals surface area contributed by atoms with Gasteiger partial charge in [-0.3, -0.25) is 24.7 Å². The minimum absolute atomic E-state index is 0.0618. The van der Waals surface area contributed by atoms with E-state index in [2.05, 4.69) is 4.99 Å². The molecule has 1 aliphatic carbocycles. The number of carbonyl (C=O) groups is 2. The van der Waals surface area contributed by atoms with E-state index in [0.29, 0.717) is 35.4 Å². The van der Waals surface area contributed by atoms with E-state index in [0.717, 1.165) is 0 Å². The van der Waals surface area contributed by atoms with Crippen molar-refractivity contribution in [3.05, 3.63) is 51.2 Å². The second kappa shape index (κ2) is 7.30. The van der Waals surface area contributed by atoms with E-state index >= 15 is 0 Å². The monoisotopic (exact) mass is 384 g/mol. The molecule has 1 heterocycles. The van der Waals surface area contributed by atoms with Crippen LogP contribution >= 0.6 is 0 Å². The van der Waals surface area contributed by atoms with Crippen molar-refractivity contribution in [3.8, 4) is 0 Å². The molecule has 2 aliphatic rings. The number of nitro benzene ring substituents is 1. The van der Waals surface area contributed by atoms with Gasteiger partial charge in [0.25, 0.3) is 5.69 Å². The van der Waals surface area contributed by atoms with Crippen molar-refractivity contribution in [1.29, 1.82) is 0 Å². The molecule has 7 nitrogen and oxygen atoms in total. The number of carbonyl (C=O) groups excluding carboxylic acids is 2. The zero-order valence-corrected chi connectivity index (χ0v) is 16.5. The molecule has 148 valence electrons. The number of ketones is 1. The normalized spacial score (nSPS) is 23.7. The third kappa shape index (κ3) is 3.61. The predicted molar refractivity (Wildman–Crippen MR) is 104 cm³/mol. The summed E-state index contributed by atoms with van der Waals surface area (Å²) in [5.74, 6) is -1.93. The Morgan fingerprint density at radius 1 is 1.36 bits per heavy atom. The van der Waals surface area contributed by atoms with Gasteiger partial charge in [0, 0.05) is 41.5 Å². The molecule has 0 fully saturated rings. The first-order valence-corrected chi connectivity index (χ1v) is 9.37. The first-order valence-electron chi connectivity index (χ1n) is 9.37. The smallest absolute Gasteiger partial charge is 0.315 e. The molecule has 3 rings (SSSR count). The Hall–Kier alpha value is -2.83. The number of benzene rings is 1. The maximum absolute atomic E-state index is 13.1. The number of nitro groups is 1. The van der Waals surface area contributed by atoms with Gasteiger partial charge in [-0.05, 0) is 31.2 Å². The topological polar surface area (TPSA) is 98.9 Å². The first-order chi connectivity index (χ1) is 13.1. The van der Waals surface area contributed by atoms with Crippen LogP contribution in [-0.4, -0.2) is 29.0 Å². The number of esters is 1. The molecule has 28 heavy (non-hydrogen) atoms. The van der Waals surface area contributed by atoms with Crippen molar-refractivity contribution in [2.24, 2.45) is 16.3 Å². The Bertz CT molecular complexity index is 913. The van der Waals surface area contributed by atoms with Crippen LogP contribution in [0.15, 0.2) is 40.5 Å². The Morgan fingerprint density at radius 2 is 2.07 bits per heavy atom. The molecule has 0 N–H and O–H groups in total. The second-order valence-electron chi connectivity index (χ2n) is 8.11. The molecule has 1 aromatic carbocycles. The molecule has 0 saturated carbocycles. The highest BCUT2D eigenvalue weighted by molar-refractivity contribution is 6.09. The molecule has 0 bridgehead atoms. The highest BCUT2D eigenvalue weighted by Gasteiger charge is 2.46. The Morgan fingerprint density at radius 3 is 2.71 bits per heavy atom. The number of hydrogen-bond acceptors (Lipinski definition) is 6. The number of Topliss-reactive ketones (excluding diaryl/α,β-unsaturated/α-hetero) is 1. The van der Waals surface area contributed by atoms with Gasteiger partial charge in [-0.15, -0.1) is 0 Å². The highest BCUT2D eigenvalue weighted by Crippen LogP contribution is 2.48. The molecule has 1 unspecified atom stereocenters. The van der Waals surface area contributed by atoms with Crippen LogP contribution in [0.5, 0.6) is 0 Å². The molecule has 0 radical (unpaired) electrons. The standard InChI is InChI=1S/C21H24N2O5/c1-5-28-20(25)17-12(2)22-15-10-21(3,4)11-16(24)19(15)18(17)13-7-6-8-14(9-13)23(26)27/h6-9,17-18H,5,10-11H2,1-4H3/t17?,18-/m1/s1. The SMILES string of the molecule is CCOC(=O)C1C(C)=NC2=C(C(=O)CC(C)(C)C2)[C@@H]1c1cccc([N+](=O)[O-])c1. The number of non-ortho nitro benzene ring substituents is 1. The lowest BCUT2D eigenvalue weighted by Crippen LogP contribution is -2.39. The summed E-state index contributed by atoms with van der Waals surface area (Å²) in [7, 11) is 0. The van der Waals surface area contributed by atoms with Gasteiger partial charge in [-0.2, -0.15) is 0 Å². The summed E-state index contributed by atoms with van der Waals surface area (Å²) in [5.41, 5.74) is 2.00. The third-order valence-corrected chi connectivity index (χ3v) is 5.28. The molecule has 0 amide bonds. The minimum Gasteiger partial charge on any atom is -0.465 e. The van der Waals surface area contributed by atoms with Crippen molar-refractivity contribution in [1.82, 2.24) is 0 Å². The van der Waals surface area contributed by atoms with Crippen LogP contribution in [0.2, 0.25) is 0 Å². The molecule has 0 spiro atoms. The van der Waals surface area contributed by atoms with Crippen LogP contribution in [0.1, 0.15) is 52.0 Å². The van der Waals surface area contributed by atoms with E-state index in [9.17, 15) is 19.7 Å². The fourth-order valence-corrected chi connectivity index (χ4v) is 4.17. The van der Waals surface area contributed by atoms with E-state index in [-0.39, 0.29) is 23.5 Å². The average molecular weight is 384 g/mol. The van der Waals surface area contributed by atoms with Crippen molar-refractivity contribution in [3.63, 3.8) is 0 Å². The maximum Gasteiger partial charge on any atom is 0.315 e. The fraction of sp³-hybridized carbons (Fsp3) is 0.476. The van der Waals surface area contributed by atoms with Crippen LogP contribution in [0, 0.1) is 21.4 Å². The maximum atomic E-state index is 13.1. The van der Waals surface area contributed by atoms with Gasteiger partial charge in [0.05, 0.1) is 11.5 Å². The van der Waals surface area contributed by atoms with Crippen LogP contribution in [-0.2, 0) is 14.3 Å². The number of rotatable bonds is 4. The minimum atomic E-state index is -0.772. The quantitative estimate of drug-likeness (QED) is 0.444. The summed E-state index contributed by atoms with van der Waals surface area (Å²) in [5, 5.41) is 11.3. The van der Waals surface area contributed by atoms with E-state index in [1.807, 2.05) is 13.8 Å². The fourth-order valence-electron chi connectivity index (χ4n) is 4.17. The third-order valence-electron chi connectivity index (χ3n) is 5.28. The lowest BCUT2D eigenvalue weighted by Gasteiger charge is -2.38. The van der Waals surface area contributed by atoms with Gasteiger partial charge >= 0.3 is 5.97 Å². The lowest BCUT2D eigenvalue weighted by molar-refractivity contribution is -0.384. The Balaban J connectivity index is 2.20.